The molecule has 0 saturated carbocycles. The summed E-state index contributed by atoms with van der Waals surface area (Å²) in [6.07, 6.45) is 0.929. The lowest BCUT2D eigenvalue weighted by molar-refractivity contribution is 0.195. The molecule has 17 heavy (non-hydrogen) atoms. The predicted octanol–water partition coefficient (Wildman–Crippen LogP) is 0.843. The van der Waals surface area contributed by atoms with Gasteiger partial charge in [0.25, 0.3) is 0 Å². The maximum atomic E-state index is 11.4. The van der Waals surface area contributed by atoms with Crippen LogP contribution in [0.2, 0.25) is 0 Å². The Labute approximate surface area is 101 Å². The second kappa shape index (κ2) is 4.64. The second-order valence-electron chi connectivity index (χ2n) is 4.23. The molecule has 1 atom stereocenters. The van der Waals surface area contributed by atoms with Crippen molar-refractivity contribution < 1.29 is 13.2 Å². The van der Waals surface area contributed by atoms with E-state index in [0.717, 1.165) is 18.7 Å². The summed E-state index contributed by atoms with van der Waals surface area (Å²) in [4.78, 5) is 0.168. The summed E-state index contributed by atoms with van der Waals surface area (Å²) in [6.45, 7) is 3.12. The lowest BCUT2D eigenvalue weighted by Gasteiger charge is -2.13. The maximum Gasteiger partial charge on any atom is 0.238 e. The average Bonchev–Trinajstić information content (AvgIpc) is 2.72. The summed E-state index contributed by atoms with van der Waals surface area (Å²) in [7, 11) is -3.66. The van der Waals surface area contributed by atoms with Crippen molar-refractivity contribution in [2.45, 2.75) is 24.3 Å². The van der Waals surface area contributed by atoms with Crippen LogP contribution in [0.3, 0.4) is 0 Å². The molecule has 2 rings (SSSR count). The van der Waals surface area contributed by atoms with Gasteiger partial charge >= 0.3 is 0 Å². The Hall–Kier alpha value is -1.11. The van der Waals surface area contributed by atoms with Crippen LogP contribution in [0.5, 0.6) is 0 Å². The van der Waals surface area contributed by atoms with Gasteiger partial charge in [0.1, 0.15) is 0 Å². The number of benzene rings is 1. The van der Waals surface area contributed by atoms with Gasteiger partial charge in [0.2, 0.25) is 10.0 Å². The van der Waals surface area contributed by atoms with E-state index >= 15 is 0 Å². The highest BCUT2D eigenvalue weighted by molar-refractivity contribution is 7.89. The molecular formula is C11H16N2O3S. The molecule has 1 aromatic rings. The van der Waals surface area contributed by atoms with Gasteiger partial charge < -0.3 is 10.1 Å². The van der Waals surface area contributed by atoms with Crippen LogP contribution in [0.25, 0.3) is 0 Å². The van der Waals surface area contributed by atoms with Crippen molar-refractivity contribution in [3.05, 3.63) is 23.8 Å². The minimum atomic E-state index is -3.66. The average molecular weight is 256 g/mol. The molecule has 0 aromatic heterocycles. The van der Waals surface area contributed by atoms with E-state index in [1.807, 2.05) is 6.07 Å². The van der Waals surface area contributed by atoms with E-state index in [9.17, 15) is 8.42 Å². The fourth-order valence-electron chi connectivity index (χ4n) is 1.88. The van der Waals surface area contributed by atoms with Gasteiger partial charge in [-0.25, -0.2) is 13.6 Å². The molecule has 1 saturated heterocycles. The number of sulfonamides is 1. The molecule has 1 unspecified atom stereocenters. The molecule has 6 heteroatoms. The summed E-state index contributed by atoms with van der Waals surface area (Å²) < 4.78 is 28.0. The van der Waals surface area contributed by atoms with Crippen molar-refractivity contribution in [1.29, 1.82) is 0 Å². The quantitative estimate of drug-likeness (QED) is 0.839. The molecule has 5 nitrogen and oxygen atoms in total. The van der Waals surface area contributed by atoms with Crippen molar-refractivity contribution >= 4 is 15.7 Å². The molecule has 1 heterocycles. The largest absolute Gasteiger partial charge is 0.380 e. The predicted molar refractivity (Wildman–Crippen MR) is 65.4 cm³/mol. The molecule has 94 valence electrons. The zero-order valence-corrected chi connectivity index (χ0v) is 10.5. The van der Waals surface area contributed by atoms with E-state index in [-0.39, 0.29) is 10.9 Å². The highest BCUT2D eigenvalue weighted by atomic mass is 32.2. The van der Waals surface area contributed by atoms with Crippen LogP contribution in [-0.2, 0) is 14.8 Å². The number of rotatable bonds is 3. The zero-order chi connectivity index (χ0) is 12.5. The Morgan fingerprint density at radius 3 is 2.82 bits per heavy atom. The van der Waals surface area contributed by atoms with E-state index in [0.29, 0.717) is 12.2 Å². The normalized spacial score (nSPS) is 20.5. The molecule has 1 fully saturated rings. The van der Waals surface area contributed by atoms with Crippen LogP contribution in [0, 0.1) is 6.92 Å². The standard InChI is InChI=1S/C11H16N2O3S/c1-8-2-3-9(6-11(8)17(12,14)15)13-10-4-5-16-7-10/h2-3,6,10,13H,4-5,7H2,1H3,(H2,12,14,15). The number of nitrogens with two attached hydrogens (primary N) is 1. The SMILES string of the molecule is Cc1ccc(NC2CCOC2)cc1S(N)(=O)=O. The van der Waals surface area contributed by atoms with Crippen LogP contribution in [0.1, 0.15) is 12.0 Å². The molecular weight excluding hydrogens is 240 g/mol. The van der Waals surface area contributed by atoms with Crippen molar-refractivity contribution in [1.82, 2.24) is 0 Å². The van der Waals surface area contributed by atoms with Crippen molar-refractivity contribution in [3.8, 4) is 0 Å². The monoisotopic (exact) mass is 256 g/mol. The topological polar surface area (TPSA) is 81.4 Å². The van der Waals surface area contributed by atoms with Crippen molar-refractivity contribution in [2.24, 2.45) is 5.14 Å². The number of primary sulfonamides is 1. The van der Waals surface area contributed by atoms with Gasteiger partial charge in [-0.15, -0.1) is 0 Å². The van der Waals surface area contributed by atoms with E-state index in [2.05, 4.69) is 5.32 Å². The Balaban J connectivity index is 2.24. The van der Waals surface area contributed by atoms with Gasteiger partial charge in [-0.05, 0) is 31.0 Å². The number of hydrogen-bond acceptors (Lipinski definition) is 4. The first kappa shape index (κ1) is 12.3. The lowest BCUT2D eigenvalue weighted by atomic mass is 10.2. The molecule has 1 aliphatic rings. The molecule has 1 aromatic carbocycles. The van der Waals surface area contributed by atoms with Crippen LogP contribution >= 0.6 is 0 Å². The molecule has 1 aliphatic heterocycles. The first-order valence-corrected chi connectivity index (χ1v) is 6.99. The Morgan fingerprint density at radius 2 is 2.24 bits per heavy atom. The third kappa shape index (κ3) is 2.96. The molecule has 0 aliphatic carbocycles. The molecule has 0 spiro atoms. The number of ether oxygens (including phenoxy) is 1. The Kier molecular flexibility index (Phi) is 3.37. The van der Waals surface area contributed by atoms with Gasteiger partial charge in [-0.2, -0.15) is 0 Å². The summed E-state index contributed by atoms with van der Waals surface area (Å²) in [5.74, 6) is 0. The number of nitrogens with one attached hydrogen (secondary N) is 1. The Morgan fingerprint density at radius 1 is 1.47 bits per heavy atom. The second-order valence-corrected chi connectivity index (χ2v) is 5.76. The van der Waals surface area contributed by atoms with Gasteiger partial charge in [0.05, 0.1) is 17.5 Å². The fraction of sp³-hybridized carbons (Fsp3) is 0.455. The summed E-state index contributed by atoms with van der Waals surface area (Å²) in [5.41, 5.74) is 1.41. The number of hydrogen-bond donors (Lipinski definition) is 2. The van der Waals surface area contributed by atoms with Gasteiger partial charge in [0, 0.05) is 12.3 Å². The van der Waals surface area contributed by atoms with E-state index in [1.54, 1.807) is 19.1 Å². The molecule has 0 bridgehead atoms. The van der Waals surface area contributed by atoms with Crippen molar-refractivity contribution in [3.63, 3.8) is 0 Å². The third-order valence-corrected chi connectivity index (χ3v) is 3.85. The number of anilines is 1. The lowest BCUT2D eigenvalue weighted by Crippen LogP contribution is -2.20. The summed E-state index contributed by atoms with van der Waals surface area (Å²) in [6, 6.07) is 5.41. The van der Waals surface area contributed by atoms with Crippen LogP contribution in [-0.4, -0.2) is 27.7 Å². The highest BCUT2D eigenvalue weighted by Gasteiger charge is 2.17. The van der Waals surface area contributed by atoms with Gasteiger partial charge in [0.15, 0.2) is 0 Å². The smallest absolute Gasteiger partial charge is 0.238 e. The molecule has 0 radical (unpaired) electrons. The third-order valence-electron chi connectivity index (χ3n) is 2.80. The van der Waals surface area contributed by atoms with Crippen LogP contribution < -0.4 is 10.5 Å². The van der Waals surface area contributed by atoms with Crippen LogP contribution in [0.15, 0.2) is 23.1 Å². The summed E-state index contributed by atoms with van der Waals surface area (Å²) >= 11 is 0. The van der Waals surface area contributed by atoms with Crippen LogP contribution in [0.4, 0.5) is 5.69 Å². The van der Waals surface area contributed by atoms with Gasteiger partial charge in [-0.1, -0.05) is 6.07 Å². The van der Waals surface area contributed by atoms with E-state index in [4.69, 9.17) is 9.88 Å². The fourth-order valence-corrected chi connectivity index (χ4v) is 2.69. The molecule has 0 amide bonds. The minimum Gasteiger partial charge on any atom is -0.380 e. The summed E-state index contributed by atoms with van der Waals surface area (Å²) in [5, 5.41) is 8.39. The first-order chi connectivity index (χ1) is 7.97. The van der Waals surface area contributed by atoms with E-state index < -0.39 is 10.0 Å². The molecule has 3 N–H and O–H groups in total. The van der Waals surface area contributed by atoms with E-state index in [1.165, 1.54) is 0 Å². The van der Waals surface area contributed by atoms with Gasteiger partial charge in [-0.3, -0.25) is 0 Å². The highest BCUT2D eigenvalue weighted by Crippen LogP contribution is 2.20. The maximum absolute atomic E-state index is 11.4. The number of aryl methyl sites for hydroxylation is 1. The first-order valence-electron chi connectivity index (χ1n) is 5.44. The zero-order valence-electron chi connectivity index (χ0n) is 9.64. The minimum absolute atomic E-state index is 0.168. The van der Waals surface area contributed by atoms with Crippen molar-refractivity contribution in [2.75, 3.05) is 18.5 Å². The Bertz CT molecular complexity index is 507.